The quantitative estimate of drug-likeness (QED) is 0.514. The molecule has 1 heterocycles. The lowest BCUT2D eigenvalue weighted by Crippen LogP contribution is -2.13. The fraction of sp³-hybridized carbons (Fsp3) is 0.174. The highest BCUT2D eigenvalue weighted by molar-refractivity contribution is 6.05. The van der Waals surface area contributed by atoms with E-state index in [0.29, 0.717) is 22.5 Å². The summed E-state index contributed by atoms with van der Waals surface area (Å²) in [5, 5.41) is 11.9. The maximum Gasteiger partial charge on any atom is 0.255 e. The Morgan fingerprint density at radius 2 is 1.79 bits per heavy atom. The Labute approximate surface area is 169 Å². The fourth-order valence-electron chi connectivity index (χ4n) is 2.90. The fourth-order valence-corrected chi connectivity index (χ4v) is 2.90. The molecule has 0 aliphatic carbocycles. The summed E-state index contributed by atoms with van der Waals surface area (Å²) in [6.45, 7) is 4.07. The molecule has 1 atom stereocenters. The lowest BCUT2D eigenvalue weighted by atomic mass is 10.2. The van der Waals surface area contributed by atoms with E-state index in [4.69, 9.17) is 4.74 Å². The molecule has 6 heteroatoms. The van der Waals surface area contributed by atoms with Gasteiger partial charge in [-0.2, -0.15) is 4.80 Å². The summed E-state index contributed by atoms with van der Waals surface area (Å²) in [6.07, 6.45) is 1.00. The molecule has 0 unspecified atom stereocenters. The summed E-state index contributed by atoms with van der Waals surface area (Å²) in [7, 11) is 0. The van der Waals surface area contributed by atoms with Crippen LogP contribution in [0.2, 0.25) is 0 Å². The van der Waals surface area contributed by atoms with Gasteiger partial charge in [0.05, 0.1) is 11.8 Å². The number of hydrogen-bond donors (Lipinski definition) is 1. The normalized spacial score (nSPS) is 11.9. The molecule has 4 rings (SSSR count). The summed E-state index contributed by atoms with van der Waals surface area (Å²) >= 11 is 0. The molecule has 0 radical (unpaired) electrons. The lowest BCUT2D eigenvalue weighted by molar-refractivity contribution is 0.102. The van der Waals surface area contributed by atoms with E-state index in [9.17, 15) is 4.79 Å². The summed E-state index contributed by atoms with van der Waals surface area (Å²) in [6, 6.07) is 22.4. The second-order valence-electron chi connectivity index (χ2n) is 6.85. The van der Waals surface area contributed by atoms with E-state index < -0.39 is 0 Å². The molecule has 6 nitrogen and oxygen atoms in total. The molecule has 0 spiro atoms. The van der Waals surface area contributed by atoms with Crippen LogP contribution in [0.4, 0.5) is 5.69 Å². The molecule has 1 amide bonds. The third-order valence-electron chi connectivity index (χ3n) is 4.63. The molecule has 0 aliphatic rings. The molecule has 1 aromatic heterocycles. The standard InChI is InChI=1S/C23H22N4O2/c1-3-16(2)29-20-11-7-8-17(14-20)23(28)24-18-12-13-21-22(15-18)26-27(25-21)19-9-5-4-6-10-19/h4-16H,3H2,1-2H3,(H,24,28)/t16-/m0/s1. The van der Waals surface area contributed by atoms with Gasteiger partial charge in [-0.15, -0.1) is 10.2 Å². The van der Waals surface area contributed by atoms with Gasteiger partial charge in [-0.1, -0.05) is 31.2 Å². The van der Waals surface area contributed by atoms with Crippen LogP contribution in [-0.2, 0) is 0 Å². The molecule has 4 aromatic rings. The summed E-state index contributed by atoms with van der Waals surface area (Å²) in [5.41, 5.74) is 3.55. The van der Waals surface area contributed by atoms with E-state index in [0.717, 1.165) is 17.6 Å². The van der Waals surface area contributed by atoms with Crippen molar-refractivity contribution >= 4 is 22.6 Å². The average molecular weight is 386 g/mol. The summed E-state index contributed by atoms with van der Waals surface area (Å²) in [4.78, 5) is 14.3. The van der Waals surface area contributed by atoms with Crippen LogP contribution in [-0.4, -0.2) is 27.0 Å². The van der Waals surface area contributed by atoms with Crippen LogP contribution in [0, 0.1) is 0 Å². The number of carbonyl (C=O) groups excluding carboxylic acids is 1. The first-order chi connectivity index (χ1) is 14.1. The topological polar surface area (TPSA) is 69.0 Å². The Hall–Kier alpha value is -3.67. The minimum absolute atomic E-state index is 0.0999. The average Bonchev–Trinajstić information content (AvgIpc) is 3.18. The van der Waals surface area contributed by atoms with Gasteiger partial charge in [-0.3, -0.25) is 4.79 Å². The molecule has 146 valence electrons. The SMILES string of the molecule is CC[C@H](C)Oc1cccc(C(=O)Nc2ccc3nn(-c4ccccc4)nc3c2)c1. The minimum atomic E-state index is -0.200. The van der Waals surface area contributed by atoms with Crippen LogP contribution in [0.1, 0.15) is 30.6 Å². The summed E-state index contributed by atoms with van der Waals surface area (Å²) in [5.74, 6) is 0.489. The molecule has 1 N–H and O–H groups in total. The predicted octanol–water partition coefficient (Wildman–Crippen LogP) is 4.85. The number of para-hydroxylation sites is 1. The Morgan fingerprint density at radius 1 is 1.00 bits per heavy atom. The van der Waals surface area contributed by atoms with E-state index in [-0.39, 0.29) is 12.0 Å². The van der Waals surface area contributed by atoms with E-state index in [1.54, 1.807) is 16.9 Å². The number of aromatic nitrogens is 3. The molecular weight excluding hydrogens is 364 g/mol. The molecule has 29 heavy (non-hydrogen) atoms. The van der Waals surface area contributed by atoms with Gasteiger partial charge in [0, 0.05) is 11.3 Å². The first kappa shape index (κ1) is 18.7. The van der Waals surface area contributed by atoms with E-state index in [1.165, 1.54) is 0 Å². The number of rotatable bonds is 6. The van der Waals surface area contributed by atoms with Crippen LogP contribution in [0.15, 0.2) is 72.8 Å². The highest BCUT2D eigenvalue weighted by Gasteiger charge is 2.11. The molecule has 3 aromatic carbocycles. The van der Waals surface area contributed by atoms with E-state index >= 15 is 0 Å². The van der Waals surface area contributed by atoms with Gasteiger partial charge in [0.2, 0.25) is 0 Å². The largest absolute Gasteiger partial charge is 0.491 e. The van der Waals surface area contributed by atoms with Crippen molar-refractivity contribution in [1.82, 2.24) is 15.0 Å². The van der Waals surface area contributed by atoms with Gasteiger partial charge in [0.15, 0.2) is 0 Å². The molecule has 0 aliphatic heterocycles. The van der Waals surface area contributed by atoms with Crippen molar-refractivity contribution in [2.24, 2.45) is 0 Å². The molecule has 0 bridgehead atoms. The highest BCUT2D eigenvalue weighted by atomic mass is 16.5. The Kier molecular flexibility index (Phi) is 5.24. The van der Waals surface area contributed by atoms with Crippen molar-refractivity contribution in [3.63, 3.8) is 0 Å². The summed E-state index contributed by atoms with van der Waals surface area (Å²) < 4.78 is 5.81. The second-order valence-corrected chi connectivity index (χ2v) is 6.85. The van der Waals surface area contributed by atoms with Gasteiger partial charge in [-0.25, -0.2) is 0 Å². The number of anilines is 1. The van der Waals surface area contributed by atoms with E-state index in [1.807, 2.05) is 67.6 Å². The number of nitrogens with zero attached hydrogens (tertiary/aromatic N) is 3. The van der Waals surface area contributed by atoms with Crippen LogP contribution in [0.5, 0.6) is 5.75 Å². The van der Waals surface area contributed by atoms with Crippen LogP contribution < -0.4 is 10.1 Å². The molecule has 0 saturated carbocycles. The van der Waals surface area contributed by atoms with Crippen LogP contribution in [0.3, 0.4) is 0 Å². The van der Waals surface area contributed by atoms with Crippen molar-refractivity contribution < 1.29 is 9.53 Å². The van der Waals surface area contributed by atoms with Gasteiger partial charge in [0.1, 0.15) is 16.8 Å². The molecular formula is C23H22N4O2. The maximum absolute atomic E-state index is 12.7. The smallest absolute Gasteiger partial charge is 0.255 e. The first-order valence-corrected chi connectivity index (χ1v) is 9.63. The minimum Gasteiger partial charge on any atom is -0.491 e. The third kappa shape index (κ3) is 4.27. The second kappa shape index (κ2) is 8.14. The van der Waals surface area contributed by atoms with Gasteiger partial charge < -0.3 is 10.1 Å². The first-order valence-electron chi connectivity index (χ1n) is 9.63. The van der Waals surface area contributed by atoms with Crippen molar-refractivity contribution in [3.8, 4) is 11.4 Å². The van der Waals surface area contributed by atoms with Crippen LogP contribution in [0.25, 0.3) is 16.7 Å². The lowest BCUT2D eigenvalue weighted by Gasteiger charge is -2.13. The van der Waals surface area contributed by atoms with Gasteiger partial charge in [0.25, 0.3) is 5.91 Å². The van der Waals surface area contributed by atoms with Crippen molar-refractivity contribution in [3.05, 3.63) is 78.4 Å². The number of amides is 1. The number of ether oxygens (including phenoxy) is 1. The Balaban J connectivity index is 1.53. The van der Waals surface area contributed by atoms with Crippen molar-refractivity contribution in [2.45, 2.75) is 26.4 Å². The zero-order valence-electron chi connectivity index (χ0n) is 16.4. The van der Waals surface area contributed by atoms with Crippen molar-refractivity contribution in [1.29, 1.82) is 0 Å². The van der Waals surface area contributed by atoms with E-state index in [2.05, 4.69) is 22.4 Å². The molecule has 0 fully saturated rings. The van der Waals surface area contributed by atoms with Crippen molar-refractivity contribution in [2.75, 3.05) is 5.32 Å². The number of benzene rings is 3. The Bertz CT molecular complexity index is 1140. The van der Waals surface area contributed by atoms with Gasteiger partial charge in [-0.05, 0) is 61.9 Å². The number of carbonyl (C=O) groups is 1. The zero-order chi connectivity index (χ0) is 20.2. The number of hydrogen-bond acceptors (Lipinski definition) is 4. The van der Waals surface area contributed by atoms with Gasteiger partial charge >= 0.3 is 0 Å². The highest BCUT2D eigenvalue weighted by Crippen LogP contribution is 2.20. The zero-order valence-corrected chi connectivity index (χ0v) is 16.4. The maximum atomic E-state index is 12.7. The monoisotopic (exact) mass is 386 g/mol. The third-order valence-corrected chi connectivity index (χ3v) is 4.63. The molecule has 0 saturated heterocycles. The predicted molar refractivity (Wildman–Crippen MR) is 114 cm³/mol. The van der Waals surface area contributed by atoms with Crippen LogP contribution >= 0.6 is 0 Å². The number of nitrogens with one attached hydrogen (secondary N) is 1. The number of fused-ring (bicyclic) bond motifs is 1. The Morgan fingerprint density at radius 3 is 2.59 bits per heavy atom.